The quantitative estimate of drug-likeness (QED) is 0.231. The lowest BCUT2D eigenvalue weighted by Crippen LogP contribution is -2.26. The molecular formula is C33H37ClN2O3. The number of hydrogen-bond donors (Lipinski definition) is 1. The summed E-state index contributed by atoms with van der Waals surface area (Å²) >= 11 is 6.35. The Balaban J connectivity index is 1.56. The second-order valence-corrected chi connectivity index (χ2v) is 11.8. The van der Waals surface area contributed by atoms with Gasteiger partial charge in [0.05, 0.1) is 6.04 Å². The topological polar surface area (TPSA) is 60.3 Å². The molecule has 0 radical (unpaired) electrons. The molecule has 0 aliphatic rings. The van der Waals surface area contributed by atoms with E-state index in [4.69, 9.17) is 16.3 Å². The Hall–Kier alpha value is -3.57. The monoisotopic (exact) mass is 544 g/mol. The highest BCUT2D eigenvalue weighted by Gasteiger charge is 2.18. The van der Waals surface area contributed by atoms with Crippen molar-refractivity contribution in [2.24, 2.45) is 0 Å². The zero-order chi connectivity index (χ0) is 28.5. The number of nitrogens with one attached hydrogen (secondary N) is 1. The molecule has 4 aromatic rings. The van der Waals surface area contributed by atoms with Gasteiger partial charge in [-0.05, 0) is 91.8 Å². The highest BCUT2D eigenvalue weighted by atomic mass is 35.5. The molecule has 0 saturated carbocycles. The average Bonchev–Trinajstić information content (AvgIpc) is 3.12. The summed E-state index contributed by atoms with van der Waals surface area (Å²) < 4.78 is 7.88. The molecule has 1 heterocycles. The van der Waals surface area contributed by atoms with Crippen LogP contribution in [0.2, 0.25) is 5.02 Å². The number of amides is 1. The van der Waals surface area contributed by atoms with Gasteiger partial charge in [0.25, 0.3) is 5.91 Å². The second-order valence-electron chi connectivity index (χ2n) is 11.3. The Labute approximate surface area is 236 Å². The Kier molecular flexibility index (Phi) is 8.22. The SMILES string of the molecule is Cc1c(C)n(Cc2cc(Cl)cc(O[C@@H](C)C=O)c2)c2ccc(C(=O)N[C@@H](C)c3ccc(C(C)(C)C)cc3)cc12. The van der Waals surface area contributed by atoms with Crippen molar-refractivity contribution in [3.8, 4) is 5.75 Å². The van der Waals surface area contributed by atoms with Crippen molar-refractivity contribution in [1.29, 1.82) is 0 Å². The molecule has 2 atom stereocenters. The van der Waals surface area contributed by atoms with E-state index < -0.39 is 6.10 Å². The van der Waals surface area contributed by atoms with Gasteiger partial charge in [0, 0.05) is 33.7 Å². The molecule has 6 heteroatoms. The van der Waals surface area contributed by atoms with Crippen LogP contribution in [-0.4, -0.2) is 22.9 Å². The highest BCUT2D eigenvalue weighted by molar-refractivity contribution is 6.30. The van der Waals surface area contributed by atoms with E-state index in [0.29, 0.717) is 22.9 Å². The third kappa shape index (κ3) is 6.36. The predicted molar refractivity (Wildman–Crippen MR) is 159 cm³/mol. The molecular weight excluding hydrogens is 508 g/mol. The number of fused-ring (bicyclic) bond motifs is 1. The molecule has 0 fully saturated rings. The van der Waals surface area contributed by atoms with Gasteiger partial charge in [-0.3, -0.25) is 9.59 Å². The summed E-state index contributed by atoms with van der Waals surface area (Å²) in [5.74, 6) is 0.457. The first-order chi connectivity index (χ1) is 18.4. The van der Waals surface area contributed by atoms with Crippen molar-refractivity contribution < 1.29 is 14.3 Å². The van der Waals surface area contributed by atoms with Crippen molar-refractivity contribution in [2.75, 3.05) is 0 Å². The zero-order valence-electron chi connectivity index (χ0n) is 23.8. The van der Waals surface area contributed by atoms with Crippen molar-refractivity contribution in [3.63, 3.8) is 0 Å². The second kappa shape index (κ2) is 11.3. The minimum Gasteiger partial charge on any atom is -0.483 e. The van der Waals surface area contributed by atoms with Gasteiger partial charge in [-0.25, -0.2) is 0 Å². The maximum absolute atomic E-state index is 13.2. The number of ether oxygens (including phenoxy) is 1. The first-order valence-corrected chi connectivity index (χ1v) is 13.7. The maximum Gasteiger partial charge on any atom is 0.251 e. The molecule has 39 heavy (non-hydrogen) atoms. The Bertz CT molecular complexity index is 1510. The summed E-state index contributed by atoms with van der Waals surface area (Å²) in [7, 11) is 0. The first-order valence-electron chi connectivity index (χ1n) is 13.3. The Morgan fingerprint density at radius 3 is 2.36 bits per heavy atom. The molecule has 0 aliphatic heterocycles. The fourth-order valence-corrected chi connectivity index (χ4v) is 5.08. The van der Waals surface area contributed by atoms with Gasteiger partial charge in [-0.2, -0.15) is 0 Å². The summed E-state index contributed by atoms with van der Waals surface area (Å²) in [4.78, 5) is 24.2. The Morgan fingerprint density at radius 1 is 1.03 bits per heavy atom. The molecule has 5 nitrogen and oxygen atoms in total. The van der Waals surface area contributed by atoms with Crippen molar-refractivity contribution in [3.05, 3.63) is 99.2 Å². The van der Waals surface area contributed by atoms with Crippen LogP contribution in [-0.2, 0) is 16.8 Å². The normalized spacial score (nSPS) is 13.2. The summed E-state index contributed by atoms with van der Waals surface area (Å²) in [6.45, 7) is 15.0. The van der Waals surface area contributed by atoms with Crippen LogP contribution in [0.3, 0.4) is 0 Å². The first kappa shape index (κ1) is 28.4. The third-order valence-corrected chi connectivity index (χ3v) is 7.53. The lowest BCUT2D eigenvalue weighted by molar-refractivity contribution is -0.113. The lowest BCUT2D eigenvalue weighted by atomic mass is 9.86. The molecule has 0 unspecified atom stereocenters. The number of benzene rings is 3. The van der Waals surface area contributed by atoms with Crippen molar-refractivity contribution >= 4 is 34.7 Å². The highest BCUT2D eigenvalue weighted by Crippen LogP contribution is 2.30. The van der Waals surface area contributed by atoms with Crippen LogP contribution in [0, 0.1) is 13.8 Å². The summed E-state index contributed by atoms with van der Waals surface area (Å²) in [5, 5.41) is 4.74. The van der Waals surface area contributed by atoms with E-state index in [1.54, 1.807) is 13.0 Å². The van der Waals surface area contributed by atoms with E-state index in [1.807, 2.05) is 37.3 Å². The van der Waals surface area contributed by atoms with Crippen LogP contribution in [0.1, 0.15) is 79.0 Å². The van der Waals surface area contributed by atoms with Gasteiger partial charge in [0.15, 0.2) is 12.4 Å². The van der Waals surface area contributed by atoms with Crippen LogP contribution in [0.5, 0.6) is 5.75 Å². The number of carbonyl (C=O) groups is 2. The van der Waals surface area contributed by atoms with Crippen LogP contribution in [0.4, 0.5) is 0 Å². The fourth-order valence-electron chi connectivity index (χ4n) is 4.83. The number of aryl methyl sites for hydroxylation is 1. The standard InChI is InChI=1S/C33H37ClN2O3/c1-20(19-37)39-29-15-24(14-28(34)17-29)18-36-23(4)21(2)30-16-26(10-13-31(30)36)32(38)35-22(3)25-8-11-27(12-9-25)33(5,6)7/h8-17,19-20,22H,18H2,1-7H3,(H,35,38)/t20-,22-/m0/s1. The van der Waals surface area contributed by atoms with Gasteiger partial charge in [0.2, 0.25) is 0 Å². The van der Waals surface area contributed by atoms with Gasteiger partial charge >= 0.3 is 0 Å². The number of nitrogens with zero attached hydrogens (tertiary/aromatic N) is 1. The Morgan fingerprint density at radius 2 is 1.72 bits per heavy atom. The van der Waals surface area contributed by atoms with E-state index in [2.05, 4.69) is 68.8 Å². The van der Waals surface area contributed by atoms with E-state index in [1.165, 1.54) is 5.56 Å². The number of rotatable bonds is 8. The van der Waals surface area contributed by atoms with Gasteiger partial charge < -0.3 is 14.6 Å². The maximum atomic E-state index is 13.2. The largest absolute Gasteiger partial charge is 0.483 e. The predicted octanol–water partition coefficient (Wildman–Crippen LogP) is 7.71. The molecule has 0 saturated heterocycles. The average molecular weight is 545 g/mol. The van der Waals surface area contributed by atoms with Gasteiger partial charge in [-0.1, -0.05) is 56.6 Å². The molecule has 1 amide bonds. The molecule has 1 aromatic heterocycles. The van der Waals surface area contributed by atoms with Gasteiger partial charge in [-0.15, -0.1) is 0 Å². The van der Waals surface area contributed by atoms with E-state index in [9.17, 15) is 9.59 Å². The van der Waals surface area contributed by atoms with Crippen LogP contribution in [0.25, 0.3) is 10.9 Å². The minimum absolute atomic E-state index is 0.0879. The van der Waals surface area contributed by atoms with Crippen LogP contribution >= 0.6 is 11.6 Å². The smallest absolute Gasteiger partial charge is 0.251 e. The molecule has 204 valence electrons. The number of halogens is 1. The molecule has 0 spiro atoms. The third-order valence-electron chi connectivity index (χ3n) is 7.31. The van der Waals surface area contributed by atoms with Crippen molar-refractivity contribution in [2.45, 2.75) is 72.6 Å². The summed E-state index contributed by atoms with van der Waals surface area (Å²) in [6.07, 6.45) is 0.202. The summed E-state index contributed by atoms with van der Waals surface area (Å²) in [6, 6.07) is 19.7. The summed E-state index contributed by atoms with van der Waals surface area (Å²) in [5.41, 5.74) is 7.29. The van der Waals surface area contributed by atoms with Crippen LogP contribution in [0.15, 0.2) is 60.7 Å². The van der Waals surface area contributed by atoms with Crippen molar-refractivity contribution in [1.82, 2.24) is 9.88 Å². The number of carbonyl (C=O) groups excluding carboxylic acids is 2. The fraction of sp³-hybridized carbons (Fsp3) is 0.333. The molecule has 3 aromatic carbocycles. The molecule has 0 bridgehead atoms. The van der Waals surface area contributed by atoms with Crippen LogP contribution < -0.4 is 10.1 Å². The zero-order valence-corrected chi connectivity index (χ0v) is 24.5. The molecule has 4 rings (SSSR count). The number of aromatic nitrogens is 1. The lowest BCUT2D eigenvalue weighted by Gasteiger charge is -2.21. The number of aldehydes is 1. The molecule has 0 aliphatic carbocycles. The van der Waals surface area contributed by atoms with E-state index in [-0.39, 0.29) is 17.4 Å². The molecule has 1 N–H and O–H groups in total. The number of hydrogen-bond acceptors (Lipinski definition) is 3. The van der Waals surface area contributed by atoms with E-state index >= 15 is 0 Å². The van der Waals surface area contributed by atoms with E-state index in [0.717, 1.165) is 39.6 Å². The minimum atomic E-state index is -0.553. The van der Waals surface area contributed by atoms with Gasteiger partial charge in [0.1, 0.15) is 5.75 Å².